The predicted octanol–water partition coefficient (Wildman–Crippen LogP) is 2.90. The van der Waals surface area contributed by atoms with Crippen molar-refractivity contribution in [1.29, 1.82) is 0 Å². The number of carbonyl (C=O) groups excluding carboxylic acids is 1. The van der Waals surface area contributed by atoms with Crippen molar-refractivity contribution in [2.45, 2.75) is 51.7 Å². The molecule has 4 heterocycles. The fourth-order valence-corrected chi connectivity index (χ4v) is 5.05. The molecule has 0 spiro atoms. The van der Waals surface area contributed by atoms with Crippen LogP contribution in [-0.2, 0) is 11.4 Å². The summed E-state index contributed by atoms with van der Waals surface area (Å²) in [7, 11) is 0. The number of nitrogens with one attached hydrogen (secondary N) is 3. The standard InChI is InChI=1S/C27H28F3N7O2/c1-13-20(37-9-5-8-17(24(37)33-13)39-11-14-15(28)6-4-7-16(14)29)23-34-21(32-12-27(31)10-18(27)30)19-22(35-23)36-25(38)26(19,2)3/h4-9,18,23,35H,10-12,31H2,1-3H3,(H,32,34)(H,36,38). The number of amidine groups is 1. The van der Waals surface area contributed by atoms with E-state index in [9.17, 15) is 18.0 Å². The maximum absolute atomic E-state index is 14.1. The number of rotatable bonds is 6. The number of carbonyl (C=O) groups is 1. The van der Waals surface area contributed by atoms with Crippen LogP contribution in [0.3, 0.4) is 0 Å². The highest BCUT2D eigenvalue weighted by Gasteiger charge is 2.53. The quantitative estimate of drug-likeness (QED) is 0.383. The molecule has 3 atom stereocenters. The number of nitrogens with two attached hydrogens (primary N) is 1. The Hall–Kier alpha value is -4.06. The number of halogens is 3. The number of aromatic nitrogens is 2. The molecule has 3 unspecified atom stereocenters. The molecular formula is C27H28F3N7O2. The molecule has 3 aromatic rings. The molecular weight excluding hydrogens is 511 g/mol. The largest absolute Gasteiger partial charge is 0.485 e. The summed E-state index contributed by atoms with van der Waals surface area (Å²) in [5.41, 5.74) is 6.44. The number of aliphatic imine (C=N–C) groups is 1. The van der Waals surface area contributed by atoms with Gasteiger partial charge in [-0.2, -0.15) is 0 Å². The molecule has 1 aliphatic carbocycles. The van der Waals surface area contributed by atoms with Crippen molar-refractivity contribution in [3.63, 3.8) is 0 Å². The van der Waals surface area contributed by atoms with E-state index in [0.717, 1.165) is 0 Å². The lowest BCUT2D eigenvalue weighted by Gasteiger charge is -2.32. The molecule has 204 valence electrons. The summed E-state index contributed by atoms with van der Waals surface area (Å²) in [5.74, 6) is -0.305. The van der Waals surface area contributed by atoms with Crippen LogP contribution < -0.4 is 26.4 Å². The Kier molecular flexibility index (Phi) is 5.65. The van der Waals surface area contributed by atoms with Gasteiger partial charge in [0.1, 0.15) is 42.2 Å². The summed E-state index contributed by atoms with van der Waals surface area (Å²) in [6.07, 6.45) is 0.334. The van der Waals surface area contributed by atoms with Gasteiger partial charge in [-0.05, 0) is 45.0 Å². The van der Waals surface area contributed by atoms with E-state index in [4.69, 9.17) is 10.5 Å². The fraction of sp³-hybridized carbons (Fsp3) is 0.370. The molecule has 1 amide bonds. The number of pyridine rings is 1. The molecule has 1 saturated carbocycles. The van der Waals surface area contributed by atoms with E-state index in [2.05, 4.69) is 25.9 Å². The highest BCUT2D eigenvalue weighted by atomic mass is 19.1. The monoisotopic (exact) mass is 539 g/mol. The number of benzene rings is 1. The van der Waals surface area contributed by atoms with Gasteiger partial charge < -0.3 is 26.4 Å². The maximum Gasteiger partial charge on any atom is 0.235 e. The molecule has 2 aromatic heterocycles. The molecule has 6 rings (SSSR count). The van der Waals surface area contributed by atoms with E-state index < -0.39 is 34.9 Å². The van der Waals surface area contributed by atoms with Gasteiger partial charge in [0, 0.05) is 18.2 Å². The van der Waals surface area contributed by atoms with Gasteiger partial charge in [-0.1, -0.05) is 6.07 Å². The number of hydrogen-bond donors (Lipinski definition) is 4. The second-order valence-corrected chi connectivity index (χ2v) is 10.8. The Bertz CT molecular complexity index is 1560. The number of alkyl halides is 1. The Morgan fingerprint density at radius 2 is 1.92 bits per heavy atom. The number of hydrogen-bond acceptors (Lipinski definition) is 6. The van der Waals surface area contributed by atoms with E-state index in [1.165, 1.54) is 18.2 Å². The summed E-state index contributed by atoms with van der Waals surface area (Å²) in [4.78, 5) is 22.1. The Balaban J connectivity index is 1.35. The third kappa shape index (κ3) is 4.10. The van der Waals surface area contributed by atoms with E-state index in [1.54, 1.807) is 36.6 Å². The van der Waals surface area contributed by atoms with Crippen molar-refractivity contribution >= 4 is 17.4 Å². The lowest BCUT2D eigenvalue weighted by Crippen LogP contribution is -2.47. The first-order valence-electron chi connectivity index (χ1n) is 12.6. The molecule has 1 aromatic carbocycles. The van der Waals surface area contributed by atoms with E-state index in [-0.39, 0.29) is 31.0 Å². The third-order valence-electron chi connectivity index (χ3n) is 7.58. The lowest BCUT2D eigenvalue weighted by atomic mass is 9.84. The van der Waals surface area contributed by atoms with Crippen LogP contribution in [0.5, 0.6) is 5.75 Å². The van der Waals surface area contributed by atoms with Gasteiger partial charge in [-0.3, -0.25) is 14.2 Å². The first-order valence-corrected chi connectivity index (χ1v) is 12.6. The van der Waals surface area contributed by atoms with E-state index >= 15 is 0 Å². The van der Waals surface area contributed by atoms with Crippen LogP contribution >= 0.6 is 0 Å². The zero-order chi connectivity index (χ0) is 27.7. The van der Waals surface area contributed by atoms with Gasteiger partial charge in [0.2, 0.25) is 5.91 Å². The number of aryl methyl sites for hydroxylation is 1. The van der Waals surface area contributed by atoms with Crippen molar-refractivity contribution < 1.29 is 22.7 Å². The van der Waals surface area contributed by atoms with Crippen LogP contribution in [0, 0.1) is 24.0 Å². The third-order valence-corrected chi connectivity index (χ3v) is 7.58. The summed E-state index contributed by atoms with van der Waals surface area (Å²) in [6, 6.07) is 7.05. The molecule has 9 nitrogen and oxygen atoms in total. The molecule has 1 fully saturated rings. The Labute approximate surface area is 222 Å². The highest BCUT2D eigenvalue weighted by Crippen LogP contribution is 2.40. The predicted molar refractivity (Wildman–Crippen MR) is 137 cm³/mol. The summed E-state index contributed by atoms with van der Waals surface area (Å²) in [5, 5.41) is 9.58. The van der Waals surface area contributed by atoms with Crippen molar-refractivity contribution in [2.75, 3.05) is 6.54 Å². The minimum Gasteiger partial charge on any atom is -0.485 e. The maximum atomic E-state index is 14.1. The first kappa shape index (κ1) is 25.2. The highest BCUT2D eigenvalue weighted by molar-refractivity contribution is 6.10. The Morgan fingerprint density at radius 3 is 2.62 bits per heavy atom. The lowest BCUT2D eigenvalue weighted by molar-refractivity contribution is -0.125. The average molecular weight is 540 g/mol. The second-order valence-electron chi connectivity index (χ2n) is 10.8. The minimum atomic E-state index is -1.11. The number of nitrogens with zero attached hydrogens (tertiary/aromatic N) is 3. The second kappa shape index (κ2) is 8.73. The topological polar surface area (TPSA) is 118 Å². The smallest absolute Gasteiger partial charge is 0.235 e. The first-order chi connectivity index (χ1) is 18.5. The van der Waals surface area contributed by atoms with Crippen molar-refractivity contribution in [3.05, 3.63) is 76.5 Å². The van der Waals surface area contributed by atoms with Crippen LogP contribution in [0.2, 0.25) is 0 Å². The normalized spacial score (nSPS) is 26.3. The zero-order valence-corrected chi connectivity index (χ0v) is 21.6. The Morgan fingerprint density at radius 1 is 1.21 bits per heavy atom. The SMILES string of the molecule is Cc1nc2c(OCc3c(F)cccc3F)cccn2c1C1NC(=NCC2(N)CC2F)C2=C(NC(=O)C2(C)C)N1. The zero-order valence-electron chi connectivity index (χ0n) is 21.6. The molecule has 0 saturated heterocycles. The van der Waals surface area contributed by atoms with Crippen LogP contribution in [0.25, 0.3) is 5.65 Å². The van der Waals surface area contributed by atoms with E-state index in [0.29, 0.717) is 40.0 Å². The van der Waals surface area contributed by atoms with Crippen LogP contribution in [-0.4, -0.2) is 39.4 Å². The average Bonchev–Trinajstić information content (AvgIpc) is 3.21. The molecule has 0 bridgehead atoms. The van der Waals surface area contributed by atoms with Gasteiger partial charge in [0.15, 0.2) is 11.4 Å². The molecule has 3 aliphatic rings. The van der Waals surface area contributed by atoms with E-state index in [1.807, 2.05) is 6.92 Å². The molecule has 0 radical (unpaired) electrons. The van der Waals surface area contributed by atoms with Gasteiger partial charge in [-0.25, -0.2) is 18.2 Å². The number of ether oxygens (including phenoxy) is 1. The van der Waals surface area contributed by atoms with Crippen molar-refractivity contribution in [3.8, 4) is 5.75 Å². The van der Waals surface area contributed by atoms with Crippen LogP contribution in [0.1, 0.15) is 43.4 Å². The molecule has 5 N–H and O–H groups in total. The summed E-state index contributed by atoms with van der Waals surface area (Å²) in [6.45, 7) is 5.15. The van der Waals surface area contributed by atoms with Crippen LogP contribution in [0.15, 0.2) is 52.9 Å². The summed E-state index contributed by atoms with van der Waals surface area (Å²) < 4.78 is 49.7. The van der Waals surface area contributed by atoms with Gasteiger partial charge >= 0.3 is 0 Å². The summed E-state index contributed by atoms with van der Waals surface area (Å²) >= 11 is 0. The van der Waals surface area contributed by atoms with Gasteiger partial charge in [0.25, 0.3) is 0 Å². The number of imidazole rings is 1. The molecule has 2 aliphatic heterocycles. The molecule has 39 heavy (non-hydrogen) atoms. The van der Waals surface area contributed by atoms with Gasteiger partial charge in [0.05, 0.1) is 34.4 Å². The van der Waals surface area contributed by atoms with Crippen LogP contribution in [0.4, 0.5) is 13.2 Å². The number of fused-ring (bicyclic) bond motifs is 1. The van der Waals surface area contributed by atoms with Crippen molar-refractivity contribution in [1.82, 2.24) is 25.3 Å². The minimum absolute atomic E-state index is 0.0704. The number of amides is 1. The fourth-order valence-electron chi connectivity index (χ4n) is 5.05. The van der Waals surface area contributed by atoms with Gasteiger partial charge in [-0.15, -0.1) is 0 Å². The van der Waals surface area contributed by atoms with Crippen molar-refractivity contribution in [2.24, 2.45) is 16.1 Å². The molecule has 12 heteroatoms.